The molecule has 0 bridgehead atoms. The molecule has 0 unspecified atom stereocenters. The molecule has 1 fully saturated rings. The Labute approximate surface area is 218 Å². The molecule has 1 aliphatic heterocycles. The van der Waals surface area contributed by atoms with Gasteiger partial charge >= 0.3 is 11.9 Å². The fourth-order valence-electron chi connectivity index (χ4n) is 4.55. The number of nitro groups is 1. The number of hydrogen-bond acceptors (Lipinski definition) is 7. The zero-order chi connectivity index (χ0) is 26.8. The molecule has 3 aromatic carbocycles. The van der Waals surface area contributed by atoms with Crippen LogP contribution in [-0.4, -0.2) is 40.2 Å². The molecule has 1 aromatic heterocycles. The molecule has 0 amide bonds. The minimum atomic E-state index is -0.736. The topological polar surface area (TPSA) is 110 Å². The Morgan fingerprint density at radius 3 is 2.21 bits per heavy atom. The Hall–Kier alpha value is -4.50. The normalized spacial score (nSPS) is 18.8. The zero-order valence-corrected chi connectivity index (χ0v) is 20.9. The van der Waals surface area contributed by atoms with Gasteiger partial charge in [0.1, 0.15) is 25.0 Å². The monoisotopic (exact) mass is 514 g/mol. The predicted molar refractivity (Wildman–Crippen MR) is 139 cm³/mol. The van der Waals surface area contributed by atoms with Crippen LogP contribution in [-0.2, 0) is 14.2 Å². The van der Waals surface area contributed by atoms with Crippen LogP contribution in [0.4, 0.5) is 5.69 Å². The minimum absolute atomic E-state index is 0.00910. The van der Waals surface area contributed by atoms with Crippen LogP contribution in [0.15, 0.2) is 79.0 Å². The lowest BCUT2D eigenvalue weighted by Gasteiger charge is -2.19. The van der Waals surface area contributed by atoms with Crippen molar-refractivity contribution in [3.05, 3.63) is 111 Å². The van der Waals surface area contributed by atoms with E-state index in [1.807, 2.05) is 38.1 Å². The molecule has 9 heteroatoms. The number of esters is 2. The van der Waals surface area contributed by atoms with Crippen molar-refractivity contribution in [2.75, 3.05) is 6.61 Å². The average molecular weight is 515 g/mol. The first-order chi connectivity index (χ1) is 18.3. The predicted octanol–water partition coefficient (Wildman–Crippen LogP) is 5.54. The molecule has 0 saturated carbocycles. The highest BCUT2D eigenvalue weighted by Crippen LogP contribution is 2.36. The first-order valence-corrected chi connectivity index (χ1v) is 12.2. The van der Waals surface area contributed by atoms with Crippen molar-refractivity contribution in [1.82, 2.24) is 4.57 Å². The highest BCUT2D eigenvalue weighted by molar-refractivity contribution is 5.90. The lowest BCUT2D eigenvalue weighted by atomic mass is 10.1. The lowest BCUT2D eigenvalue weighted by Crippen LogP contribution is -2.32. The molecule has 1 aliphatic rings. The standard InChI is InChI=1S/C29H26N2O7/c1-18-6-10-20(11-7-18)28(32)36-17-26-25(38-29(33)21-12-8-19(2)9-13-21)16-27(37-26)30-15-14-22-23(30)4-3-5-24(22)31(34)35/h3-15,25-27H,16-17H2,1-2H3/t25-,26+,27-/m0/s1. The maximum atomic E-state index is 12.9. The van der Waals surface area contributed by atoms with Crippen molar-refractivity contribution in [2.45, 2.75) is 38.7 Å². The summed E-state index contributed by atoms with van der Waals surface area (Å²) < 4.78 is 19.4. The van der Waals surface area contributed by atoms with Gasteiger partial charge in [0.05, 0.1) is 27.0 Å². The number of non-ortho nitro benzene ring substituents is 1. The van der Waals surface area contributed by atoms with Gasteiger partial charge in [-0.15, -0.1) is 0 Å². The van der Waals surface area contributed by atoms with Gasteiger partial charge in [-0.1, -0.05) is 41.5 Å². The number of benzene rings is 3. The molecule has 9 nitrogen and oxygen atoms in total. The molecule has 38 heavy (non-hydrogen) atoms. The average Bonchev–Trinajstić information content (AvgIpc) is 3.51. The van der Waals surface area contributed by atoms with Crippen molar-refractivity contribution in [3.8, 4) is 0 Å². The van der Waals surface area contributed by atoms with Crippen LogP contribution < -0.4 is 0 Å². The number of hydrogen-bond donors (Lipinski definition) is 0. The molecule has 0 aliphatic carbocycles. The third-order valence-corrected chi connectivity index (χ3v) is 6.64. The van der Waals surface area contributed by atoms with E-state index >= 15 is 0 Å². The van der Waals surface area contributed by atoms with Crippen molar-refractivity contribution >= 4 is 28.5 Å². The van der Waals surface area contributed by atoms with Gasteiger partial charge in [-0.05, 0) is 50.2 Å². The largest absolute Gasteiger partial charge is 0.459 e. The van der Waals surface area contributed by atoms with Crippen LogP contribution in [0.5, 0.6) is 0 Å². The van der Waals surface area contributed by atoms with Crippen molar-refractivity contribution in [2.24, 2.45) is 0 Å². The first-order valence-electron chi connectivity index (χ1n) is 12.2. The van der Waals surface area contributed by atoms with Gasteiger partial charge in [0.15, 0.2) is 0 Å². The van der Waals surface area contributed by atoms with Gasteiger partial charge in [0.25, 0.3) is 5.69 Å². The second kappa shape index (κ2) is 10.5. The van der Waals surface area contributed by atoms with Crippen LogP contribution >= 0.6 is 0 Å². The summed E-state index contributed by atoms with van der Waals surface area (Å²) in [6.45, 7) is 3.72. The van der Waals surface area contributed by atoms with Gasteiger partial charge in [-0.25, -0.2) is 9.59 Å². The molecule has 2 heterocycles. The third-order valence-electron chi connectivity index (χ3n) is 6.64. The maximum Gasteiger partial charge on any atom is 0.338 e. The Morgan fingerprint density at radius 2 is 1.58 bits per heavy atom. The summed E-state index contributed by atoms with van der Waals surface area (Å²) >= 11 is 0. The Bertz CT molecular complexity index is 1490. The maximum absolute atomic E-state index is 12.9. The number of fused-ring (bicyclic) bond motifs is 1. The highest BCUT2D eigenvalue weighted by atomic mass is 16.6. The summed E-state index contributed by atoms with van der Waals surface area (Å²) in [6, 6.07) is 20.5. The summed E-state index contributed by atoms with van der Waals surface area (Å²) in [5.41, 5.74) is 3.44. The molecular weight excluding hydrogens is 488 g/mol. The SMILES string of the molecule is Cc1ccc(C(=O)OC[C@H]2O[C@H](n3ccc4c([N+](=O)[O-])cccc43)C[C@@H]2OC(=O)c2ccc(C)cc2)cc1. The molecular formula is C29H26N2O7. The zero-order valence-electron chi connectivity index (χ0n) is 20.9. The second-order valence-corrected chi connectivity index (χ2v) is 9.33. The van der Waals surface area contributed by atoms with E-state index in [1.165, 1.54) is 6.07 Å². The van der Waals surface area contributed by atoms with Crippen LogP contribution in [0.25, 0.3) is 10.9 Å². The molecule has 5 rings (SSSR count). The van der Waals surface area contributed by atoms with E-state index in [2.05, 4.69) is 0 Å². The molecule has 3 atom stereocenters. The Morgan fingerprint density at radius 1 is 0.947 bits per heavy atom. The number of carbonyl (C=O) groups is 2. The van der Waals surface area contributed by atoms with E-state index in [9.17, 15) is 19.7 Å². The number of ether oxygens (including phenoxy) is 3. The summed E-state index contributed by atoms with van der Waals surface area (Å²) in [4.78, 5) is 36.6. The molecule has 0 N–H and O–H groups in total. The lowest BCUT2D eigenvalue weighted by molar-refractivity contribution is -0.383. The van der Waals surface area contributed by atoms with E-state index in [4.69, 9.17) is 14.2 Å². The smallest absolute Gasteiger partial charge is 0.338 e. The minimum Gasteiger partial charge on any atom is -0.459 e. The summed E-state index contributed by atoms with van der Waals surface area (Å²) in [5, 5.41) is 11.9. The molecule has 0 radical (unpaired) electrons. The number of aromatic nitrogens is 1. The second-order valence-electron chi connectivity index (χ2n) is 9.33. The highest BCUT2D eigenvalue weighted by Gasteiger charge is 2.40. The summed E-state index contributed by atoms with van der Waals surface area (Å²) in [6.07, 6.45) is -0.0530. The first kappa shape index (κ1) is 25.2. The van der Waals surface area contributed by atoms with Crippen molar-refractivity contribution in [3.63, 3.8) is 0 Å². The fourth-order valence-corrected chi connectivity index (χ4v) is 4.55. The van der Waals surface area contributed by atoms with Crippen LogP contribution in [0.1, 0.15) is 44.5 Å². The number of nitro benzene ring substituents is 1. The molecule has 4 aromatic rings. The van der Waals surface area contributed by atoms with Crippen LogP contribution in [0.2, 0.25) is 0 Å². The van der Waals surface area contributed by atoms with Crippen molar-refractivity contribution in [1.29, 1.82) is 0 Å². The number of rotatable bonds is 7. The van der Waals surface area contributed by atoms with E-state index in [-0.39, 0.29) is 18.7 Å². The fraction of sp³-hybridized carbons (Fsp3) is 0.241. The Balaban J connectivity index is 1.38. The van der Waals surface area contributed by atoms with E-state index in [0.29, 0.717) is 22.0 Å². The number of carbonyl (C=O) groups excluding carboxylic acids is 2. The quantitative estimate of drug-likeness (QED) is 0.181. The summed E-state index contributed by atoms with van der Waals surface area (Å²) in [7, 11) is 0. The van der Waals surface area contributed by atoms with Crippen molar-refractivity contribution < 1.29 is 28.7 Å². The van der Waals surface area contributed by atoms with E-state index in [1.54, 1.807) is 53.2 Å². The number of nitrogens with zero attached hydrogens (tertiary/aromatic N) is 2. The molecule has 0 spiro atoms. The van der Waals surface area contributed by atoms with Gasteiger partial charge in [0, 0.05) is 18.7 Å². The van der Waals surface area contributed by atoms with Gasteiger partial charge in [-0.2, -0.15) is 0 Å². The van der Waals surface area contributed by atoms with Crippen LogP contribution in [0, 0.1) is 24.0 Å². The molecule has 194 valence electrons. The van der Waals surface area contributed by atoms with E-state index in [0.717, 1.165) is 11.1 Å². The van der Waals surface area contributed by atoms with Gasteiger partial charge in [0.2, 0.25) is 0 Å². The Kier molecular flexibility index (Phi) is 6.93. The van der Waals surface area contributed by atoms with Gasteiger partial charge in [-0.3, -0.25) is 10.1 Å². The molecule has 1 saturated heterocycles. The van der Waals surface area contributed by atoms with E-state index < -0.39 is 35.3 Å². The summed E-state index contributed by atoms with van der Waals surface area (Å²) in [5.74, 6) is -1.02. The third kappa shape index (κ3) is 5.14. The number of aryl methyl sites for hydroxylation is 2. The van der Waals surface area contributed by atoms with Crippen LogP contribution in [0.3, 0.4) is 0 Å². The van der Waals surface area contributed by atoms with Gasteiger partial charge < -0.3 is 18.8 Å².